The van der Waals surface area contributed by atoms with Crippen molar-refractivity contribution in [3.63, 3.8) is 0 Å². The first-order valence-electron chi connectivity index (χ1n) is 7.47. The van der Waals surface area contributed by atoms with Crippen LogP contribution in [0, 0.1) is 5.92 Å². The number of hydrogen-bond acceptors (Lipinski definition) is 4. The summed E-state index contributed by atoms with van der Waals surface area (Å²) in [5.41, 5.74) is -0.460. The Labute approximate surface area is 122 Å². The smallest absolute Gasteiger partial charge is 0.160 e. The van der Waals surface area contributed by atoms with Gasteiger partial charge in [0.2, 0.25) is 0 Å². The molecule has 1 rings (SSSR count). The van der Waals surface area contributed by atoms with E-state index >= 15 is 0 Å². The summed E-state index contributed by atoms with van der Waals surface area (Å²) in [5.74, 6) is 1.45. The highest BCUT2D eigenvalue weighted by Crippen LogP contribution is 2.17. The van der Waals surface area contributed by atoms with Gasteiger partial charge in [0.25, 0.3) is 0 Å². The number of nitrogens with zero attached hydrogens (tertiary/aromatic N) is 4. The monoisotopic (exact) mass is 280 g/mol. The van der Waals surface area contributed by atoms with Crippen molar-refractivity contribution in [2.24, 2.45) is 5.92 Å². The molecule has 0 N–H and O–H groups in total. The summed E-state index contributed by atoms with van der Waals surface area (Å²) >= 11 is 0. The first-order valence-corrected chi connectivity index (χ1v) is 7.47. The molecule has 0 aromatic carbocycles. The van der Waals surface area contributed by atoms with Crippen molar-refractivity contribution in [1.82, 2.24) is 19.7 Å². The Hall–Kier alpha value is -1.23. The molecule has 0 radical (unpaired) electrons. The van der Waals surface area contributed by atoms with Gasteiger partial charge in [0.1, 0.15) is 12.2 Å². The SMILES string of the molecule is CCN(CC)C(C)(C)C(=O)Cc1ncnn1CC(C)C. The van der Waals surface area contributed by atoms with Crippen LogP contribution in [-0.4, -0.2) is 44.1 Å². The van der Waals surface area contributed by atoms with Gasteiger partial charge in [0.05, 0.1) is 12.0 Å². The van der Waals surface area contributed by atoms with Crippen molar-refractivity contribution in [2.45, 2.75) is 60.0 Å². The lowest BCUT2D eigenvalue weighted by Gasteiger charge is -2.35. The van der Waals surface area contributed by atoms with Crippen LogP contribution in [0.4, 0.5) is 0 Å². The van der Waals surface area contributed by atoms with Crippen molar-refractivity contribution in [3.8, 4) is 0 Å². The van der Waals surface area contributed by atoms with E-state index < -0.39 is 5.54 Å². The fourth-order valence-corrected chi connectivity index (χ4v) is 2.47. The number of aromatic nitrogens is 3. The molecular weight excluding hydrogens is 252 g/mol. The van der Waals surface area contributed by atoms with E-state index in [1.807, 2.05) is 18.5 Å². The lowest BCUT2D eigenvalue weighted by molar-refractivity contribution is -0.128. The average Bonchev–Trinajstić information content (AvgIpc) is 2.76. The van der Waals surface area contributed by atoms with Gasteiger partial charge in [-0.2, -0.15) is 5.10 Å². The lowest BCUT2D eigenvalue weighted by Crippen LogP contribution is -2.50. The average molecular weight is 280 g/mol. The van der Waals surface area contributed by atoms with Gasteiger partial charge in [-0.3, -0.25) is 9.69 Å². The second kappa shape index (κ2) is 6.97. The van der Waals surface area contributed by atoms with Crippen molar-refractivity contribution < 1.29 is 4.79 Å². The maximum Gasteiger partial charge on any atom is 0.160 e. The van der Waals surface area contributed by atoms with Crippen LogP contribution in [0.1, 0.15) is 47.4 Å². The molecule has 0 aliphatic carbocycles. The van der Waals surface area contributed by atoms with Crippen LogP contribution in [0.2, 0.25) is 0 Å². The summed E-state index contributed by atoms with van der Waals surface area (Å²) < 4.78 is 1.85. The second-order valence-electron chi connectivity index (χ2n) is 6.08. The van der Waals surface area contributed by atoms with Gasteiger partial charge < -0.3 is 0 Å². The summed E-state index contributed by atoms with van der Waals surface area (Å²) in [6, 6.07) is 0. The fourth-order valence-electron chi connectivity index (χ4n) is 2.47. The zero-order chi connectivity index (χ0) is 15.3. The molecule has 0 fully saturated rings. The number of carbonyl (C=O) groups excluding carboxylic acids is 1. The highest BCUT2D eigenvalue weighted by atomic mass is 16.1. The zero-order valence-electron chi connectivity index (χ0n) is 13.7. The number of hydrogen-bond donors (Lipinski definition) is 0. The minimum atomic E-state index is -0.460. The van der Waals surface area contributed by atoms with E-state index in [0.717, 1.165) is 25.5 Å². The molecule has 0 saturated carbocycles. The molecule has 0 atom stereocenters. The fraction of sp³-hybridized carbons (Fsp3) is 0.800. The molecule has 20 heavy (non-hydrogen) atoms. The summed E-state index contributed by atoms with van der Waals surface area (Å²) in [5, 5.41) is 4.22. The van der Waals surface area contributed by atoms with E-state index in [1.165, 1.54) is 6.33 Å². The van der Waals surface area contributed by atoms with Crippen LogP contribution < -0.4 is 0 Å². The van der Waals surface area contributed by atoms with Crippen molar-refractivity contribution in [2.75, 3.05) is 13.1 Å². The summed E-state index contributed by atoms with van der Waals surface area (Å²) in [6.45, 7) is 15.0. The van der Waals surface area contributed by atoms with Gasteiger partial charge in [-0.15, -0.1) is 0 Å². The van der Waals surface area contributed by atoms with E-state index in [2.05, 4.69) is 42.7 Å². The Kier molecular flexibility index (Phi) is 5.87. The molecule has 0 bridgehead atoms. The van der Waals surface area contributed by atoms with Crippen LogP contribution in [0.25, 0.3) is 0 Å². The molecule has 1 aromatic heterocycles. The molecule has 114 valence electrons. The number of Topliss-reactive ketones (excluding diaryl/α,β-unsaturated/α-hetero) is 1. The molecule has 0 unspecified atom stereocenters. The summed E-state index contributed by atoms with van der Waals surface area (Å²) in [7, 11) is 0. The zero-order valence-corrected chi connectivity index (χ0v) is 13.7. The van der Waals surface area contributed by atoms with Crippen LogP contribution >= 0.6 is 0 Å². The van der Waals surface area contributed by atoms with E-state index in [9.17, 15) is 4.79 Å². The predicted octanol–water partition coefficient (Wildman–Crippen LogP) is 2.17. The molecule has 0 aliphatic rings. The second-order valence-corrected chi connectivity index (χ2v) is 6.08. The molecule has 0 saturated heterocycles. The minimum absolute atomic E-state index is 0.194. The number of rotatable bonds is 8. The quantitative estimate of drug-likeness (QED) is 0.732. The molecular formula is C15H28N4O. The highest BCUT2D eigenvalue weighted by Gasteiger charge is 2.33. The van der Waals surface area contributed by atoms with Gasteiger partial charge >= 0.3 is 0 Å². The Balaban J connectivity index is 2.82. The van der Waals surface area contributed by atoms with Gasteiger partial charge in [0.15, 0.2) is 5.78 Å². The van der Waals surface area contributed by atoms with Crippen molar-refractivity contribution in [3.05, 3.63) is 12.2 Å². The van der Waals surface area contributed by atoms with Crippen molar-refractivity contribution in [1.29, 1.82) is 0 Å². The Bertz CT molecular complexity index is 433. The van der Waals surface area contributed by atoms with Crippen LogP contribution in [0.3, 0.4) is 0 Å². The molecule has 0 aliphatic heterocycles. The van der Waals surface area contributed by atoms with E-state index in [1.54, 1.807) is 0 Å². The summed E-state index contributed by atoms with van der Waals surface area (Å²) in [6.07, 6.45) is 1.88. The summed E-state index contributed by atoms with van der Waals surface area (Å²) in [4.78, 5) is 19.0. The lowest BCUT2D eigenvalue weighted by atomic mass is 9.94. The van der Waals surface area contributed by atoms with E-state index in [4.69, 9.17) is 0 Å². The highest BCUT2D eigenvalue weighted by molar-refractivity contribution is 5.88. The Morgan fingerprint density at radius 3 is 2.45 bits per heavy atom. The minimum Gasteiger partial charge on any atom is -0.297 e. The number of ketones is 1. The molecule has 0 spiro atoms. The molecule has 0 amide bonds. The molecule has 5 nitrogen and oxygen atoms in total. The van der Waals surface area contributed by atoms with Gasteiger partial charge in [-0.25, -0.2) is 9.67 Å². The topological polar surface area (TPSA) is 51.0 Å². The third kappa shape index (κ3) is 3.88. The predicted molar refractivity (Wildman–Crippen MR) is 80.6 cm³/mol. The first kappa shape index (κ1) is 16.8. The Morgan fingerprint density at radius 2 is 1.95 bits per heavy atom. The normalized spacial score (nSPS) is 12.4. The third-order valence-electron chi connectivity index (χ3n) is 3.79. The maximum absolute atomic E-state index is 12.6. The van der Waals surface area contributed by atoms with Crippen molar-refractivity contribution >= 4 is 5.78 Å². The maximum atomic E-state index is 12.6. The number of carbonyl (C=O) groups is 1. The van der Waals surface area contributed by atoms with Gasteiger partial charge in [-0.1, -0.05) is 27.7 Å². The first-order chi connectivity index (χ1) is 9.32. The van der Waals surface area contributed by atoms with Crippen LogP contribution in [0.5, 0.6) is 0 Å². The molecule has 1 aromatic rings. The van der Waals surface area contributed by atoms with Crippen LogP contribution in [-0.2, 0) is 17.8 Å². The van der Waals surface area contributed by atoms with Gasteiger partial charge in [0, 0.05) is 6.54 Å². The van der Waals surface area contributed by atoms with E-state index in [-0.39, 0.29) is 5.78 Å². The van der Waals surface area contributed by atoms with Gasteiger partial charge in [-0.05, 0) is 32.9 Å². The standard InChI is InChI=1S/C15H28N4O/c1-7-18(8-2)15(5,6)13(20)9-14-16-11-17-19(14)10-12(3)4/h11-12H,7-10H2,1-6H3. The van der Waals surface area contributed by atoms with Crippen LogP contribution in [0.15, 0.2) is 6.33 Å². The Morgan fingerprint density at radius 1 is 1.35 bits per heavy atom. The molecule has 5 heteroatoms. The van der Waals surface area contributed by atoms with E-state index in [0.29, 0.717) is 12.3 Å². The largest absolute Gasteiger partial charge is 0.297 e. The number of likely N-dealkylation sites (N-methyl/N-ethyl adjacent to an activating group) is 1. The molecule has 1 heterocycles. The third-order valence-corrected chi connectivity index (χ3v) is 3.79.